The largest absolute Gasteiger partial charge is 0.455 e. The summed E-state index contributed by atoms with van der Waals surface area (Å²) in [5.74, 6) is 1.14. The minimum Gasteiger partial charge on any atom is -0.455 e. The van der Waals surface area contributed by atoms with Crippen molar-refractivity contribution in [1.82, 2.24) is 10.7 Å². The topological polar surface area (TPSA) is 92.7 Å². The second kappa shape index (κ2) is 7.32. The number of benzene rings is 1. The van der Waals surface area contributed by atoms with Crippen LogP contribution in [0.2, 0.25) is 0 Å². The van der Waals surface area contributed by atoms with E-state index in [1.165, 1.54) is 18.3 Å². The third-order valence-electron chi connectivity index (χ3n) is 2.68. The normalized spacial score (nSPS) is 10.6. The van der Waals surface area contributed by atoms with E-state index in [4.69, 9.17) is 16.6 Å². The van der Waals surface area contributed by atoms with Crippen molar-refractivity contribution in [3.63, 3.8) is 0 Å². The van der Waals surface area contributed by atoms with Crippen LogP contribution < -0.4 is 10.7 Å². The van der Waals surface area contributed by atoms with Crippen LogP contribution in [0, 0.1) is 10.1 Å². The third-order valence-corrected chi connectivity index (χ3v) is 2.92. The lowest BCUT2D eigenvalue weighted by molar-refractivity contribution is -0.384. The van der Waals surface area contributed by atoms with Crippen molar-refractivity contribution >= 4 is 29.2 Å². The Bertz CT molecular complexity index is 694. The summed E-state index contributed by atoms with van der Waals surface area (Å²) in [5.41, 5.74) is 3.45. The molecule has 0 aliphatic rings. The Morgan fingerprint density at radius 3 is 2.73 bits per heavy atom. The van der Waals surface area contributed by atoms with Crippen molar-refractivity contribution < 1.29 is 9.34 Å². The van der Waals surface area contributed by atoms with E-state index in [-0.39, 0.29) is 5.69 Å². The van der Waals surface area contributed by atoms with Crippen molar-refractivity contribution in [2.45, 2.75) is 6.92 Å². The standard InChI is InChI=1S/C14H14N4O3S/c1-2-15-14(22)17-16-9-12-7-8-13(21-12)10-3-5-11(6-4-10)18(19)20/h3-9H,2H2,1H3,(H2,15,17,22)/b16-9-. The predicted molar refractivity (Wildman–Crippen MR) is 87.8 cm³/mol. The van der Waals surface area contributed by atoms with E-state index in [0.29, 0.717) is 23.2 Å². The van der Waals surface area contributed by atoms with E-state index in [2.05, 4.69) is 15.8 Å². The second-order valence-electron chi connectivity index (χ2n) is 4.24. The minimum atomic E-state index is -0.442. The molecule has 1 aromatic heterocycles. The van der Waals surface area contributed by atoms with Gasteiger partial charge in [-0.15, -0.1) is 0 Å². The summed E-state index contributed by atoms with van der Waals surface area (Å²) in [6.07, 6.45) is 1.50. The number of thiocarbonyl (C=S) groups is 1. The summed E-state index contributed by atoms with van der Waals surface area (Å²) in [6, 6.07) is 9.65. The van der Waals surface area contributed by atoms with E-state index in [0.717, 1.165) is 5.56 Å². The van der Waals surface area contributed by atoms with Gasteiger partial charge in [0, 0.05) is 24.2 Å². The van der Waals surface area contributed by atoms with Gasteiger partial charge in [-0.3, -0.25) is 15.5 Å². The van der Waals surface area contributed by atoms with Crippen LogP contribution in [-0.4, -0.2) is 22.8 Å². The van der Waals surface area contributed by atoms with Gasteiger partial charge in [0.1, 0.15) is 11.5 Å². The number of non-ortho nitro benzene ring substituents is 1. The molecule has 0 amide bonds. The molecule has 2 aromatic rings. The van der Waals surface area contributed by atoms with Gasteiger partial charge in [-0.1, -0.05) is 0 Å². The van der Waals surface area contributed by atoms with E-state index in [1.54, 1.807) is 24.3 Å². The summed E-state index contributed by atoms with van der Waals surface area (Å²) >= 11 is 4.96. The Kier molecular flexibility index (Phi) is 5.21. The van der Waals surface area contributed by atoms with E-state index in [9.17, 15) is 10.1 Å². The van der Waals surface area contributed by atoms with Crippen molar-refractivity contribution in [2.75, 3.05) is 6.54 Å². The predicted octanol–water partition coefficient (Wildman–Crippen LogP) is 2.67. The quantitative estimate of drug-likeness (QED) is 0.381. The first-order valence-electron chi connectivity index (χ1n) is 6.51. The highest BCUT2D eigenvalue weighted by molar-refractivity contribution is 7.80. The van der Waals surface area contributed by atoms with E-state index < -0.39 is 4.92 Å². The van der Waals surface area contributed by atoms with Crippen LogP contribution in [0.3, 0.4) is 0 Å². The van der Waals surface area contributed by atoms with Crippen molar-refractivity contribution in [3.05, 3.63) is 52.3 Å². The second-order valence-corrected chi connectivity index (χ2v) is 4.64. The van der Waals surface area contributed by atoms with Gasteiger partial charge in [0.2, 0.25) is 0 Å². The summed E-state index contributed by atoms with van der Waals surface area (Å²) in [5, 5.41) is 17.9. The van der Waals surface area contributed by atoms with Gasteiger partial charge in [-0.2, -0.15) is 5.10 Å². The number of furan rings is 1. The molecule has 0 radical (unpaired) electrons. The van der Waals surface area contributed by atoms with Crippen molar-refractivity contribution in [3.8, 4) is 11.3 Å². The number of hydrogen-bond acceptors (Lipinski definition) is 5. The Morgan fingerprint density at radius 1 is 1.36 bits per heavy atom. The van der Waals surface area contributed by atoms with Gasteiger partial charge in [-0.05, 0) is 43.4 Å². The maximum absolute atomic E-state index is 10.6. The van der Waals surface area contributed by atoms with Crippen molar-refractivity contribution in [1.29, 1.82) is 0 Å². The fourth-order valence-corrected chi connectivity index (χ4v) is 1.88. The fraction of sp³-hybridized carbons (Fsp3) is 0.143. The Morgan fingerprint density at radius 2 is 2.09 bits per heavy atom. The molecule has 0 fully saturated rings. The molecule has 1 heterocycles. The zero-order valence-electron chi connectivity index (χ0n) is 11.8. The first kappa shape index (κ1) is 15.6. The van der Waals surface area contributed by atoms with Crippen LogP contribution >= 0.6 is 12.2 Å². The molecule has 0 bridgehead atoms. The van der Waals surface area contributed by atoms with E-state index in [1.807, 2.05) is 6.92 Å². The van der Waals surface area contributed by atoms with Gasteiger partial charge in [0.15, 0.2) is 5.11 Å². The molecule has 114 valence electrons. The lowest BCUT2D eigenvalue weighted by atomic mass is 10.1. The molecular weight excluding hydrogens is 304 g/mol. The summed E-state index contributed by atoms with van der Waals surface area (Å²) in [4.78, 5) is 10.2. The summed E-state index contributed by atoms with van der Waals surface area (Å²) < 4.78 is 5.59. The molecule has 2 N–H and O–H groups in total. The van der Waals surface area contributed by atoms with Gasteiger partial charge < -0.3 is 9.73 Å². The number of hydrazone groups is 1. The average Bonchev–Trinajstić information content (AvgIpc) is 2.96. The van der Waals surface area contributed by atoms with Crippen molar-refractivity contribution in [2.24, 2.45) is 5.10 Å². The van der Waals surface area contributed by atoms with Crippen LogP contribution in [0.25, 0.3) is 11.3 Å². The molecule has 0 atom stereocenters. The molecule has 8 heteroatoms. The van der Waals surface area contributed by atoms with Crippen LogP contribution in [0.4, 0.5) is 5.69 Å². The molecule has 7 nitrogen and oxygen atoms in total. The molecule has 0 unspecified atom stereocenters. The highest BCUT2D eigenvalue weighted by atomic mass is 32.1. The number of nitro groups is 1. The molecule has 22 heavy (non-hydrogen) atoms. The number of nitro benzene ring substituents is 1. The number of rotatable bonds is 5. The highest BCUT2D eigenvalue weighted by Gasteiger charge is 2.07. The molecule has 0 aliphatic carbocycles. The molecule has 2 rings (SSSR count). The van der Waals surface area contributed by atoms with Crippen LogP contribution in [0.5, 0.6) is 0 Å². The average molecular weight is 318 g/mol. The summed E-state index contributed by atoms with van der Waals surface area (Å²) in [7, 11) is 0. The molecule has 0 saturated carbocycles. The van der Waals surface area contributed by atoms with Crippen LogP contribution in [0.1, 0.15) is 12.7 Å². The monoisotopic (exact) mass is 318 g/mol. The zero-order chi connectivity index (χ0) is 15.9. The molecule has 0 aliphatic heterocycles. The van der Waals surface area contributed by atoms with E-state index >= 15 is 0 Å². The lowest BCUT2D eigenvalue weighted by Gasteiger charge is -2.01. The van der Waals surface area contributed by atoms with Gasteiger partial charge >= 0.3 is 0 Å². The highest BCUT2D eigenvalue weighted by Crippen LogP contribution is 2.23. The van der Waals surface area contributed by atoms with Gasteiger partial charge in [-0.25, -0.2) is 0 Å². The summed E-state index contributed by atoms with van der Waals surface area (Å²) in [6.45, 7) is 2.65. The van der Waals surface area contributed by atoms with Gasteiger partial charge in [0.05, 0.1) is 11.1 Å². The minimum absolute atomic E-state index is 0.0400. The number of nitrogens with zero attached hydrogens (tertiary/aromatic N) is 2. The SMILES string of the molecule is CCNC(=S)N/N=C\c1ccc(-c2ccc([N+](=O)[O-])cc2)o1. The Hall–Kier alpha value is -2.74. The Labute approximate surface area is 132 Å². The third kappa shape index (κ3) is 4.13. The maximum atomic E-state index is 10.6. The smallest absolute Gasteiger partial charge is 0.269 e. The molecular formula is C14H14N4O3S. The number of nitrogens with one attached hydrogen (secondary N) is 2. The molecule has 1 aromatic carbocycles. The fourth-order valence-electron chi connectivity index (χ4n) is 1.68. The van der Waals surface area contributed by atoms with Crippen LogP contribution in [-0.2, 0) is 0 Å². The first-order chi connectivity index (χ1) is 10.6. The molecule has 0 spiro atoms. The van der Waals surface area contributed by atoms with Crippen LogP contribution in [0.15, 0.2) is 45.9 Å². The zero-order valence-corrected chi connectivity index (χ0v) is 12.6. The molecule has 0 saturated heterocycles. The first-order valence-corrected chi connectivity index (χ1v) is 6.92. The van der Waals surface area contributed by atoms with Gasteiger partial charge in [0.25, 0.3) is 5.69 Å². The maximum Gasteiger partial charge on any atom is 0.269 e. The Balaban J connectivity index is 2.03. The number of hydrogen-bond donors (Lipinski definition) is 2. The lowest BCUT2D eigenvalue weighted by Crippen LogP contribution is -2.31.